The van der Waals surface area contributed by atoms with Gasteiger partial charge in [0.2, 0.25) is 0 Å². The Morgan fingerprint density at radius 2 is 1.29 bits per heavy atom. The van der Waals surface area contributed by atoms with Crippen molar-refractivity contribution in [3.63, 3.8) is 0 Å². The Balaban J connectivity index is 2.18. The molecule has 1 aromatic heterocycles. The van der Waals surface area contributed by atoms with Crippen molar-refractivity contribution in [1.29, 1.82) is 0 Å². The predicted molar refractivity (Wildman–Crippen MR) is 133 cm³/mol. The number of nitrogens with zero attached hydrogens (tertiary/aromatic N) is 1. The van der Waals surface area contributed by atoms with E-state index in [2.05, 4.69) is 74.5 Å². The summed E-state index contributed by atoms with van der Waals surface area (Å²) < 4.78 is 0. The molecule has 0 unspecified atom stereocenters. The number of carbonyl (C=O) groups excluding carboxylic acids is 1. The molecule has 0 radical (unpaired) electrons. The van der Waals surface area contributed by atoms with Crippen LogP contribution in [0, 0.1) is 0 Å². The first kappa shape index (κ1) is 26.4. The second-order valence-electron chi connectivity index (χ2n) is 8.47. The molecule has 0 bridgehead atoms. The van der Waals surface area contributed by atoms with Crippen molar-refractivity contribution in [2.75, 3.05) is 6.54 Å². The number of aromatic nitrogens is 1. The predicted octanol–water partition coefficient (Wildman–Crippen LogP) is 7.03. The standard InChI is InChI=1S/C27H41N3O/c1-22(2)9-6-10-23(3)11-7-12-24(4)13-8-14-25(5)15-20-29-27(31)30-21-26-16-18-28-19-17-26/h9,11,13,15-19H,6-8,10,12,14,20-21H2,1-5H3,(H2,29,30,31)/b23-11+,24-13+,25-15+. The molecule has 1 rings (SSSR count). The zero-order chi connectivity index (χ0) is 22.9. The number of hydrogen-bond donors (Lipinski definition) is 2. The summed E-state index contributed by atoms with van der Waals surface area (Å²) in [4.78, 5) is 15.8. The zero-order valence-corrected chi connectivity index (χ0v) is 20.1. The third-order valence-corrected chi connectivity index (χ3v) is 5.07. The highest BCUT2D eigenvalue weighted by atomic mass is 16.2. The molecule has 0 atom stereocenters. The Kier molecular flexibility index (Phi) is 13.7. The van der Waals surface area contributed by atoms with Gasteiger partial charge in [-0.1, -0.05) is 46.6 Å². The molecule has 0 aromatic carbocycles. The molecule has 170 valence electrons. The lowest BCUT2D eigenvalue weighted by atomic mass is 10.0. The quantitative estimate of drug-likeness (QED) is 0.335. The molecule has 1 aromatic rings. The van der Waals surface area contributed by atoms with Gasteiger partial charge in [-0.25, -0.2) is 4.79 Å². The summed E-state index contributed by atoms with van der Waals surface area (Å²) in [6.07, 6.45) is 19.2. The molecule has 0 saturated heterocycles. The van der Waals surface area contributed by atoms with Crippen LogP contribution in [0.15, 0.2) is 71.1 Å². The average molecular weight is 424 g/mol. The van der Waals surface area contributed by atoms with Gasteiger partial charge in [-0.05, 0) is 90.8 Å². The summed E-state index contributed by atoms with van der Waals surface area (Å²) in [6.45, 7) is 11.9. The first-order valence-electron chi connectivity index (χ1n) is 11.4. The molecule has 0 aliphatic carbocycles. The lowest BCUT2D eigenvalue weighted by Gasteiger charge is -2.06. The van der Waals surface area contributed by atoms with Crippen molar-refractivity contribution in [1.82, 2.24) is 15.6 Å². The second kappa shape index (κ2) is 16.1. The van der Waals surface area contributed by atoms with E-state index in [1.807, 2.05) is 12.1 Å². The maximum absolute atomic E-state index is 11.9. The number of nitrogens with one attached hydrogen (secondary N) is 2. The van der Waals surface area contributed by atoms with E-state index in [1.54, 1.807) is 12.4 Å². The Morgan fingerprint density at radius 1 is 0.774 bits per heavy atom. The van der Waals surface area contributed by atoms with Gasteiger partial charge in [0, 0.05) is 25.5 Å². The van der Waals surface area contributed by atoms with Gasteiger partial charge in [-0.3, -0.25) is 4.98 Å². The van der Waals surface area contributed by atoms with Crippen LogP contribution in [0.1, 0.15) is 78.7 Å². The summed E-state index contributed by atoms with van der Waals surface area (Å²) in [5.41, 5.74) is 6.68. The lowest BCUT2D eigenvalue weighted by molar-refractivity contribution is 0.241. The maximum atomic E-state index is 11.9. The number of amides is 2. The fourth-order valence-corrected chi connectivity index (χ4v) is 3.05. The molecular weight excluding hydrogens is 382 g/mol. The Bertz CT molecular complexity index is 769. The summed E-state index contributed by atoms with van der Waals surface area (Å²) in [7, 11) is 0. The van der Waals surface area contributed by atoms with Crippen LogP contribution in [0.5, 0.6) is 0 Å². The normalized spacial score (nSPS) is 12.5. The highest BCUT2D eigenvalue weighted by Crippen LogP contribution is 2.13. The Hall–Kier alpha value is -2.62. The van der Waals surface area contributed by atoms with Crippen LogP contribution in [-0.2, 0) is 6.54 Å². The van der Waals surface area contributed by atoms with Gasteiger partial charge in [-0.2, -0.15) is 0 Å². The largest absolute Gasteiger partial charge is 0.335 e. The van der Waals surface area contributed by atoms with Gasteiger partial charge in [0.1, 0.15) is 0 Å². The van der Waals surface area contributed by atoms with Gasteiger partial charge in [0.25, 0.3) is 0 Å². The lowest BCUT2D eigenvalue weighted by Crippen LogP contribution is -2.35. The SMILES string of the molecule is CC(C)=CCC/C(C)=C/CC/C(C)=C/CC/C(C)=C/CNC(=O)NCc1ccncc1. The van der Waals surface area contributed by atoms with E-state index < -0.39 is 0 Å². The molecule has 0 aliphatic heterocycles. The van der Waals surface area contributed by atoms with E-state index >= 15 is 0 Å². The molecule has 0 saturated carbocycles. The molecule has 4 nitrogen and oxygen atoms in total. The molecule has 0 fully saturated rings. The van der Waals surface area contributed by atoms with Gasteiger partial charge in [0.05, 0.1) is 0 Å². The van der Waals surface area contributed by atoms with Crippen LogP contribution < -0.4 is 10.6 Å². The van der Waals surface area contributed by atoms with Crippen molar-refractivity contribution in [3.05, 3.63) is 76.7 Å². The fourth-order valence-electron chi connectivity index (χ4n) is 3.05. The van der Waals surface area contributed by atoms with E-state index in [9.17, 15) is 4.79 Å². The first-order chi connectivity index (χ1) is 14.9. The summed E-state index contributed by atoms with van der Waals surface area (Å²) in [6, 6.07) is 3.63. The fraction of sp³-hybridized carbons (Fsp3) is 0.481. The van der Waals surface area contributed by atoms with Crippen molar-refractivity contribution in [2.24, 2.45) is 0 Å². The molecule has 2 amide bonds. The van der Waals surface area contributed by atoms with E-state index in [1.165, 1.54) is 22.3 Å². The number of urea groups is 1. The van der Waals surface area contributed by atoms with Crippen LogP contribution in [0.4, 0.5) is 4.79 Å². The van der Waals surface area contributed by atoms with Crippen LogP contribution in [0.3, 0.4) is 0 Å². The summed E-state index contributed by atoms with van der Waals surface area (Å²) >= 11 is 0. The third kappa shape index (κ3) is 14.9. The number of pyridine rings is 1. The number of allylic oxidation sites excluding steroid dienone is 7. The van der Waals surface area contributed by atoms with Crippen LogP contribution in [0.25, 0.3) is 0 Å². The number of carbonyl (C=O) groups is 1. The Labute approximate surface area is 189 Å². The minimum absolute atomic E-state index is 0.152. The zero-order valence-electron chi connectivity index (χ0n) is 20.1. The van der Waals surface area contributed by atoms with E-state index in [-0.39, 0.29) is 6.03 Å². The second-order valence-corrected chi connectivity index (χ2v) is 8.47. The van der Waals surface area contributed by atoms with Crippen LogP contribution in [-0.4, -0.2) is 17.6 Å². The summed E-state index contributed by atoms with van der Waals surface area (Å²) in [5, 5.41) is 5.72. The van der Waals surface area contributed by atoms with Gasteiger partial charge >= 0.3 is 6.03 Å². The van der Waals surface area contributed by atoms with Crippen LogP contribution in [0.2, 0.25) is 0 Å². The van der Waals surface area contributed by atoms with Crippen LogP contribution >= 0.6 is 0 Å². The topological polar surface area (TPSA) is 54.0 Å². The molecule has 0 aliphatic rings. The Morgan fingerprint density at radius 3 is 1.84 bits per heavy atom. The minimum atomic E-state index is -0.152. The van der Waals surface area contributed by atoms with E-state index in [0.717, 1.165) is 44.1 Å². The van der Waals surface area contributed by atoms with Gasteiger partial charge in [-0.15, -0.1) is 0 Å². The first-order valence-corrected chi connectivity index (χ1v) is 11.4. The molecule has 1 heterocycles. The molecule has 0 spiro atoms. The van der Waals surface area contributed by atoms with E-state index in [0.29, 0.717) is 13.1 Å². The van der Waals surface area contributed by atoms with Crippen molar-refractivity contribution in [3.8, 4) is 0 Å². The number of rotatable bonds is 13. The highest BCUT2D eigenvalue weighted by molar-refractivity contribution is 5.73. The monoisotopic (exact) mass is 423 g/mol. The molecular formula is C27H41N3O. The molecule has 4 heteroatoms. The third-order valence-electron chi connectivity index (χ3n) is 5.07. The van der Waals surface area contributed by atoms with Crippen molar-refractivity contribution in [2.45, 2.75) is 79.7 Å². The highest BCUT2D eigenvalue weighted by Gasteiger charge is 1.99. The van der Waals surface area contributed by atoms with Gasteiger partial charge in [0.15, 0.2) is 0 Å². The average Bonchev–Trinajstić information content (AvgIpc) is 2.72. The minimum Gasteiger partial charge on any atom is -0.335 e. The van der Waals surface area contributed by atoms with Gasteiger partial charge < -0.3 is 10.6 Å². The smallest absolute Gasteiger partial charge is 0.315 e. The van der Waals surface area contributed by atoms with Crippen molar-refractivity contribution >= 4 is 6.03 Å². The molecule has 2 N–H and O–H groups in total. The maximum Gasteiger partial charge on any atom is 0.315 e. The van der Waals surface area contributed by atoms with E-state index in [4.69, 9.17) is 0 Å². The molecule has 31 heavy (non-hydrogen) atoms. The van der Waals surface area contributed by atoms with Crippen molar-refractivity contribution < 1.29 is 4.79 Å². The number of hydrogen-bond acceptors (Lipinski definition) is 2. The summed E-state index contributed by atoms with van der Waals surface area (Å²) in [5.74, 6) is 0.